The smallest absolute Gasteiger partial charge is 0.0431 e. The Hall–Kier alpha value is -0.300. The maximum absolute atomic E-state index is 8.59. The van der Waals surface area contributed by atoms with Crippen LogP contribution in [0.1, 0.15) is 44.9 Å². The van der Waals surface area contributed by atoms with E-state index in [-0.39, 0.29) is 0 Å². The molecule has 0 aromatic rings. The Labute approximate surface area is 74.5 Å². The molecule has 0 aliphatic heterocycles. The molecule has 2 rings (SSSR count). The predicted octanol–water partition coefficient (Wildman–Crippen LogP) is 2.65. The van der Waals surface area contributed by atoms with Crippen molar-refractivity contribution in [2.45, 2.75) is 44.9 Å². The van der Waals surface area contributed by atoms with Gasteiger partial charge in [-0.25, -0.2) is 0 Å². The third-order valence-corrected chi connectivity index (χ3v) is 2.96. The first-order chi connectivity index (χ1) is 5.92. The molecule has 12 heavy (non-hydrogen) atoms. The van der Waals surface area contributed by atoms with E-state index in [9.17, 15) is 0 Å². The molecule has 2 fully saturated rings. The van der Waals surface area contributed by atoms with E-state index in [1.165, 1.54) is 38.5 Å². The largest absolute Gasteiger partial charge is 0.396 e. The Morgan fingerprint density at radius 1 is 1.17 bits per heavy atom. The summed E-state index contributed by atoms with van der Waals surface area (Å²) in [6.07, 6.45) is 9.15. The summed E-state index contributed by atoms with van der Waals surface area (Å²) in [5.74, 6) is 0.973. The molecule has 1 atom stereocenters. The number of aliphatic hydroxyl groups is 1. The van der Waals surface area contributed by atoms with Crippen molar-refractivity contribution >= 4 is 0 Å². The SMILES string of the molecule is OCCCCCC1CC1=C1CC1. The molecule has 1 nitrogen and oxygen atoms in total. The second kappa shape index (κ2) is 3.61. The predicted molar refractivity (Wildman–Crippen MR) is 49.9 cm³/mol. The Bertz CT molecular complexity index is 187. The highest BCUT2D eigenvalue weighted by Crippen LogP contribution is 2.50. The lowest BCUT2D eigenvalue weighted by Gasteiger charge is -1.95. The minimum absolute atomic E-state index is 0.374. The van der Waals surface area contributed by atoms with Gasteiger partial charge in [0.05, 0.1) is 0 Å². The number of hydrogen-bond acceptors (Lipinski definition) is 1. The van der Waals surface area contributed by atoms with Crippen molar-refractivity contribution < 1.29 is 5.11 Å². The van der Waals surface area contributed by atoms with E-state index in [0.29, 0.717) is 6.61 Å². The summed E-state index contributed by atoms with van der Waals surface area (Å²) in [6, 6.07) is 0. The van der Waals surface area contributed by atoms with Crippen LogP contribution in [0.3, 0.4) is 0 Å². The molecule has 2 saturated carbocycles. The van der Waals surface area contributed by atoms with E-state index in [1.807, 2.05) is 0 Å². The van der Waals surface area contributed by atoms with Gasteiger partial charge in [-0.3, -0.25) is 0 Å². The lowest BCUT2D eigenvalue weighted by molar-refractivity contribution is 0.282. The van der Waals surface area contributed by atoms with Crippen LogP contribution in [0.25, 0.3) is 0 Å². The van der Waals surface area contributed by atoms with Crippen molar-refractivity contribution in [1.82, 2.24) is 0 Å². The van der Waals surface area contributed by atoms with Crippen molar-refractivity contribution in [2.75, 3.05) is 6.61 Å². The van der Waals surface area contributed by atoms with E-state index in [4.69, 9.17) is 5.11 Å². The van der Waals surface area contributed by atoms with Gasteiger partial charge >= 0.3 is 0 Å². The first-order valence-electron chi connectivity index (χ1n) is 5.23. The van der Waals surface area contributed by atoms with E-state index in [0.717, 1.165) is 12.3 Å². The van der Waals surface area contributed by atoms with Crippen LogP contribution in [-0.4, -0.2) is 11.7 Å². The van der Waals surface area contributed by atoms with Crippen LogP contribution < -0.4 is 0 Å². The fourth-order valence-corrected chi connectivity index (χ4v) is 1.98. The first kappa shape index (κ1) is 8.31. The zero-order chi connectivity index (χ0) is 8.39. The minimum atomic E-state index is 0.374. The molecule has 1 heteroatoms. The van der Waals surface area contributed by atoms with Gasteiger partial charge in [0.15, 0.2) is 0 Å². The molecular weight excluding hydrogens is 148 g/mol. The van der Waals surface area contributed by atoms with Crippen LogP contribution in [0.5, 0.6) is 0 Å². The molecule has 0 aromatic heterocycles. The summed E-state index contributed by atoms with van der Waals surface area (Å²) in [4.78, 5) is 0. The van der Waals surface area contributed by atoms with E-state index >= 15 is 0 Å². The first-order valence-corrected chi connectivity index (χ1v) is 5.23. The van der Waals surface area contributed by atoms with Gasteiger partial charge < -0.3 is 5.11 Å². The summed E-state index contributed by atoms with van der Waals surface area (Å²) in [5, 5.41) is 8.59. The quantitative estimate of drug-likeness (QED) is 0.491. The van der Waals surface area contributed by atoms with Gasteiger partial charge in [0.25, 0.3) is 0 Å². The van der Waals surface area contributed by atoms with Crippen molar-refractivity contribution in [2.24, 2.45) is 5.92 Å². The van der Waals surface area contributed by atoms with E-state index < -0.39 is 0 Å². The number of allylic oxidation sites excluding steroid dienone is 2. The Balaban J connectivity index is 1.55. The average molecular weight is 166 g/mol. The standard InChI is InChI=1S/C11H18O/c12-7-3-1-2-4-10-8-11(10)9-5-6-9/h10,12H,1-8H2. The van der Waals surface area contributed by atoms with Crippen molar-refractivity contribution in [3.8, 4) is 0 Å². The Kier molecular flexibility index (Phi) is 2.50. The summed E-state index contributed by atoms with van der Waals surface area (Å²) >= 11 is 0. The van der Waals surface area contributed by atoms with Gasteiger partial charge in [-0.15, -0.1) is 0 Å². The maximum Gasteiger partial charge on any atom is 0.0431 e. The Morgan fingerprint density at radius 2 is 2.00 bits per heavy atom. The molecule has 0 amide bonds. The average Bonchev–Trinajstić information content (AvgIpc) is 2.87. The molecule has 0 bridgehead atoms. The van der Waals surface area contributed by atoms with E-state index in [2.05, 4.69) is 0 Å². The highest BCUT2D eigenvalue weighted by molar-refractivity contribution is 5.36. The third-order valence-electron chi connectivity index (χ3n) is 2.96. The second-order valence-electron chi connectivity index (χ2n) is 4.10. The van der Waals surface area contributed by atoms with Gasteiger partial charge in [0, 0.05) is 6.61 Å². The topological polar surface area (TPSA) is 20.2 Å². The molecule has 1 unspecified atom stereocenters. The molecule has 1 N–H and O–H groups in total. The van der Waals surface area contributed by atoms with Gasteiger partial charge in [-0.1, -0.05) is 24.0 Å². The van der Waals surface area contributed by atoms with Crippen LogP contribution in [0.15, 0.2) is 11.1 Å². The number of rotatable bonds is 5. The van der Waals surface area contributed by atoms with Gasteiger partial charge in [-0.2, -0.15) is 0 Å². The summed E-state index contributed by atoms with van der Waals surface area (Å²) in [6.45, 7) is 0.374. The van der Waals surface area contributed by atoms with Gasteiger partial charge in [0.1, 0.15) is 0 Å². The fourth-order valence-electron chi connectivity index (χ4n) is 1.98. The van der Waals surface area contributed by atoms with Crippen LogP contribution in [-0.2, 0) is 0 Å². The summed E-state index contributed by atoms with van der Waals surface area (Å²) in [7, 11) is 0. The minimum Gasteiger partial charge on any atom is -0.396 e. The summed E-state index contributed by atoms with van der Waals surface area (Å²) in [5.41, 5.74) is 3.58. The summed E-state index contributed by atoms with van der Waals surface area (Å²) < 4.78 is 0. The lowest BCUT2D eigenvalue weighted by atomic mass is 10.1. The Morgan fingerprint density at radius 3 is 2.67 bits per heavy atom. The molecule has 68 valence electrons. The zero-order valence-electron chi connectivity index (χ0n) is 7.68. The van der Waals surface area contributed by atoms with Crippen LogP contribution in [0, 0.1) is 5.92 Å². The van der Waals surface area contributed by atoms with Gasteiger partial charge in [-0.05, 0) is 38.0 Å². The monoisotopic (exact) mass is 166 g/mol. The normalized spacial score (nSPS) is 26.2. The molecule has 2 aliphatic rings. The maximum atomic E-state index is 8.59. The number of hydrogen-bond donors (Lipinski definition) is 1. The second-order valence-corrected chi connectivity index (χ2v) is 4.10. The van der Waals surface area contributed by atoms with Crippen molar-refractivity contribution in [3.63, 3.8) is 0 Å². The lowest BCUT2D eigenvalue weighted by Crippen LogP contribution is -1.84. The molecular formula is C11H18O. The number of aliphatic hydroxyl groups excluding tert-OH is 1. The molecule has 0 heterocycles. The van der Waals surface area contributed by atoms with Crippen LogP contribution >= 0.6 is 0 Å². The zero-order valence-corrected chi connectivity index (χ0v) is 7.68. The van der Waals surface area contributed by atoms with Crippen molar-refractivity contribution in [3.05, 3.63) is 11.1 Å². The molecule has 0 saturated heterocycles. The molecule has 2 aliphatic carbocycles. The van der Waals surface area contributed by atoms with Gasteiger partial charge in [0.2, 0.25) is 0 Å². The van der Waals surface area contributed by atoms with E-state index in [1.54, 1.807) is 11.1 Å². The number of unbranched alkanes of at least 4 members (excludes halogenated alkanes) is 2. The highest BCUT2D eigenvalue weighted by Gasteiger charge is 2.34. The molecule has 0 aromatic carbocycles. The van der Waals surface area contributed by atoms with Crippen LogP contribution in [0.2, 0.25) is 0 Å². The van der Waals surface area contributed by atoms with Crippen molar-refractivity contribution in [1.29, 1.82) is 0 Å². The highest BCUT2D eigenvalue weighted by atomic mass is 16.2. The molecule has 0 spiro atoms. The van der Waals surface area contributed by atoms with Crippen LogP contribution in [0.4, 0.5) is 0 Å². The third kappa shape index (κ3) is 2.10. The fraction of sp³-hybridized carbons (Fsp3) is 0.818. The molecule has 0 radical (unpaired) electrons.